The van der Waals surface area contributed by atoms with Crippen molar-refractivity contribution in [3.8, 4) is 17.1 Å². The molecule has 0 radical (unpaired) electrons. The molecule has 0 aliphatic heterocycles. The Morgan fingerprint density at radius 3 is 2.60 bits per heavy atom. The van der Waals surface area contributed by atoms with E-state index >= 15 is 0 Å². The molecule has 7 heteroatoms. The Bertz CT molecular complexity index is 1350. The molecule has 1 N–H and O–H groups in total. The summed E-state index contributed by atoms with van der Waals surface area (Å²) < 4.78 is 5.70. The highest BCUT2D eigenvalue weighted by molar-refractivity contribution is 6.12. The number of benzene rings is 2. The Hall–Kier alpha value is -4.26. The number of fused-ring (bicyclic) bond motifs is 1. The number of aromatic nitrogens is 4. The zero-order valence-corrected chi connectivity index (χ0v) is 16.1. The van der Waals surface area contributed by atoms with Crippen molar-refractivity contribution in [2.45, 2.75) is 6.92 Å². The Labute approximate surface area is 172 Å². The van der Waals surface area contributed by atoms with Crippen LogP contribution in [0.2, 0.25) is 0 Å². The van der Waals surface area contributed by atoms with Crippen molar-refractivity contribution in [1.82, 2.24) is 20.0 Å². The van der Waals surface area contributed by atoms with Crippen LogP contribution in [0.25, 0.3) is 28.0 Å². The van der Waals surface area contributed by atoms with E-state index < -0.39 is 0 Å². The Kier molecular flexibility index (Phi) is 4.33. The topological polar surface area (TPSA) is 85.8 Å². The minimum absolute atomic E-state index is 0.293. The number of pyridine rings is 1. The van der Waals surface area contributed by atoms with Gasteiger partial charge < -0.3 is 9.73 Å². The average molecular weight is 395 g/mol. The number of hydrogen-bond acceptors (Lipinski definition) is 5. The normalized spacial score (nSPS) is 11.0. The van der Waals surface area contributed by atoms with Gasteiger partial charge in [-0.2, -0.15) is 5.10 Å². The van der Waals surface area contributed by atoms with Crippen LogP contribution in [0.15, 0.2) is 83.4 Å². The molecule has 0 saturated heterocycles. The molecule has 0 aliphatic carbocycles. The van der Waals surface area contributed by atoms with Crippen LogP contribution in [0.4, 0.5) is 5.82 Å². The number of hydrogen-bond donors (Lipinski definition) is 1. The molecule has 5 rings (SSSR count). The SMILES string of the molecule is Cc1ccc(-c2cc(C(=O)Nc3cnn(-c4ccccc4)n3)c3ccccc3n2)o1. The van der Waals surface area contributed by atoms with Crippen LogP contribution in [0.1, 0.15) is 16.1 Å². The van der Waals surface area contributed by atoms with Crippen molar-refractivity contribution in [1.29, 1.82) is 0 Å². The molecule has 0 aliphatic rings. The van der Waals surface area contributed by atoms with Crippen LogP contribution in [0, 0.1) is 6.92 Å². The second-order valence-electron chi connectivity index (χ2n) is 6.79. The Balaban J connectivity index is 1.51. The number of carbonyl (C=O) groups is 1. The molecule has 0 saturated carbocycles. The van der Waals surface area contributed by atoms with Crippen LogP contribution in [0.3, 0.4) is 0 Å². The van der Waals surface area contributed by atoms with Crippen LogP contribution >= 0.6 is 0 Å². The first-order valence-corrected chi connectivity index (χ1v) is 9.43. The predicted molar refractivity (Wildman–Crippen MR) is 113 cm³/mol. The number of anilines is 1. The predicted octanol–water partition coefficient (Wildman–Crippen LogP) is 4.64. The number of para-hydroxylation sites is 2. The molecule has 0 bridgehead atoms. The van der Waals surface area contributed by atoms with Gasteiger partial charge in [0.2, 0.25) is 0 Å². The monoisotopic (exact) mass is 395 g/mol. The molecule has 3 heterocycles. The maximum Gasteiger partial charge on any atom is 0.257 e. The van der Waals surface area contributed by atoms with E-state index in [1.165, 1.54) is 11.0 Å². The molecule has 5 aromatic rings. The third-order valence-corrected chi connectivity index (χ3v) is 4.67. The Morgan fingerprint density at radius 1 is 1.00 bits per heavy atom. The van der Waals surface area contributed by atoms with Crippen LogP contribution < -0.4 is 5.32 Å². The molecule has 1 amide bonds. The van der Waals surface area contributed by atoms with Crippen LogP contribution in [-0.2, 0) is 0 Å². The summed E-state index contributed by atoms with van der Waals surface area (Å²) >= 11 is 0. The van der Waals surface area contributed by atoms with E-state index in [1.54, 1.807) is 6.07 Å². The van der Waals surface area contributed by atoms with E-state index in [0.717, 1.165) is 16.8 Å². The fourth-order valence-electron chi connectivity index (χ4n) is 3.25. The van der Waals surface area contributed by atoms with Crippen LogP contribution in [-0.4, -0.2) is 25.9 Å². The highest BCUT2D eigenvalue weighted by atomic mass is 16.3. The summed E-state index contributed by atoms with van der Waals surface area (Å²) in [4.78, 5) is 19.2. The lowest BCUT2D eigenvalue weighted by Crippen LogP contribution is -2.14. The van der Waals surface area contributed by atoms with Crippen molar-refractivity contribution in [3.05, 3.63) is 90.3 Å². The lowest BCUT2D eigenvalue weighted by molar-refractivity contribution is 0.102. The van der Waals surface area contributed by atoms with E-state index in [1.807, 2.05) is 73.7 Å². The zero-order chi connectivity index (χ0) is 20.5. The fraction of sp³-hybridized carbons (Fsp3) is 0.0435. The maximum absolute atomic E-state index is 13.1. The first-order valence-electron chi connectivity index (χ1n) is 9.43. The smallest absolute Gasteiger partial charge is 0.257 e. The largest absolute Gasteiger partial charge is 0.460 e. The van der Waals surface area contributed by atoms with Crippen molar-refractivity contribution in [3.63, 3.8) is 0 Å². The highest BCUT2D eigenvalue weighted by Gasteiger charge is 2.16. The summed E-state index contributed by atoms with van der Waals surface area (Å²) in [5, 5.41) is 12.2. The quantitative estimate of drug-likeness (QED) is 0.479. The molecule has 7 nitrogen and oxygen atoms in total. The first-order chi connectivity index (χ1) is 14.7. The molecular weight excluding hydrogens is 378 g/mol. The minimum atomic E-state index is -0.293. The average Bonchev–Trinajstić information content (AvgIpc) is 3.42. The van der Waals surface area contributed by atoms with Gasteiger partial charge in [-0.3, -0.25) is 4.79 Å². The van der Waals surface area contributed by atoms with Gasteiger partial charge in [0, 0.05) is 5.39 Å². The van der Waals surface area contributed by atoms with E-state index in [9.17, 15) is 4.79 Å². The van der Waals surface area contributed by atoms with Gasteiger partial charge in [-0.25, -0.2) is 4.98 Å². The first kappa shape index (κ1) is 17.8. The van der Waals surface area contributed by atoms with Crippen molar-refractivity contribution in [2.75, 3.05) is 5.32 Å². The van der Waals surface area contributed by atoms with Gasteiger partial charge in [0.25, 0.3) is 5.91 Å². The van der Waals surface area contributed by atoms with Gasteiger partial charge in [0.15, 0.2) is 11.6 Å². The third-order valence-electron chi connectivity index (χ3n) is 4.67. The number of amides is 1. The summed E-state index contributed by atoms with van der Waals surface area (Å²) in [7, 11) is 0. The van der Waals surface area contributed by atoms with Crippen molar-refractivity contribution in [2.24, 2.45) is 0 Å². The van der Waals surface area contributed by atoms with E-state index in [-0.39, 0.29) is 5.91 Å². The number of nitrogens with one attached hydrogen (secondary N) is 1. The van der Waals surface area contributed by atoms with E-state index in [4.69, 9.17) is 4.42 Å². The second kappa shape index (κ2) is 7.29. The fourth-order valence-corrected chi connectivity index (χ4v) is 3.25. The maximum atomic E-state index is 13.1. The summed E-state index contributed by atoms with van der Waals surface area (Å²) in [6, 6.07) is 22.5. The minimum Gasteiger partial charge on any atom is -0.460 e. The van der Waals surface area contributed by atoms with Gasteiger partial charge in [0.1, 0.15) is 11.5 Å². The number of nitrogens with zero attached hydrogens (tertiary/aromatic N) is 4. The summed E-state index contributed by atoms with van der Waals surface area (Å²) in [6.07, 6.45) is 1.52. The number of aryl methyl sites for hydroxylation is 1. The van der Waals surface area contributed by atoms with Gasteiger partial charge in [-0.15, -0.1) is 9.90 Å². The van der Waals surface area contributed by atoms with Crippen molar-refractivity contribution >= 4 is 22.6 Å². The van der Waals surface area contributed by atoms with Gasteiger partial charge in [-0.1, -0.05) is 36.4 Å². The van der Waals surface area contributed by atoms with Gasteiger partial charge in [-0.05, 0) is 43.3 Å². The highest BCUT2D eigenvalue weighted by Crippen LogP contribution is 2.26. The molecule has 146 valence electrons. The molecule has 0 atom stereocenters. The summed E-state index contributed by atoms with van der Waals surface area (Å²) in [5.74, 6) is 1.46. The molecule has 30 heavy (non-hydrogen) atoms. The third kappa shape index (κ3) is 3.33. The molecule has 0 spiro atoms. The second-order valence-corrected chi connectivity index (χ2v) is 6.79. The van der Waals surface area contributed by atoms with E-state index in [2.05, 4.69) is 20.5 Å². The molecule has 0 unspecified atom stereocenters. The lowest BCUT2D eigenvalue weighted by atomic mass is 10.1. The number of rotatable bonds is 4. The number of furan rings is 1. The zero-order valence-electron chi connectivity index (χ0n) is 16.1. The van der Waals surface area contributed by atoms with Crippen LogP contribution in [0.5, 0.6) is 0 Å². The van der Waals surface area contributed by atoms with Gasteiger partial charge in [0.05, 0.1) is 23.0 Å². The lowest BCUT2D eigenvalue weighted by Gasteiger charge is -2.08. The number of carbonyl (C=O) groups excluding carboxylic acids is 1. The van der Waals surface area contributed by atoms with E-state index in [0.29, 0.717) is 28.4 Å². The molecule has 0 fully saturated rings. The summed E-state index contributed by atoms with van der Waals surface area (Å²) in [5.41, 5.74) is 2.60. The molecular formula is C23H17N5O2. The molecule has 3 aromatic heterocycles. The summed E-state index contributed by atoms with van der Waals surface area (Å²) in [6.45, 7) is 1.87. The Morgan fingerprint density at radius 2 is 1.80 bits per heavy atom. The molecule has 2 aromatic carbocycles. The standard InChI is InChI=1S/C23H17N5O2/c1-15-11-12-21(30-15)20-13-18(17-9-5-6-10-19(17)25-20)23(29)26-22-14-24-28(27-22)16-7-3-2-4-8-16/h2-14H,1H3,(H,26,27,29). The van der Waals surface area contributed by atoms with Crippen molar-refractivity contribution < 1.29 is 9.21 Å². The van der Waals surface area contributed by atoms with Gasteiger partial charge >= 0.3 is 0 Å².